The summed E-state index contributed by atoms with van der Waals surface area (Å²) in [5.74, 6) is 2.33. The lowest BCUT2D eigenvalue weighted by Gasteiger charge is -2.71. The van der Waals surface area contributed by atoms with Crippen molar-refractivity contribution in [1.82, 2.24) is 9.80 Å². The molecule has 2 aromatic carbocycles. The largest absolute Gasteiger partial charge is 0.362 e. The summed E-state index contributed by atoms with van der Waals surface area (Å²) in [6, 6.07) is 24.2. The van der Waals surface area contributed by atoms with Crippen molar-refractivity contribution in [2.75, 3.05) is 4.90 Å². The molecule has 9 rings (SSSR count). The molecular weight excluding hydrogens is 502 g/mol. The van der Waals surface area contributed by atoms with Gasteiger partial charge in [0.2, 0.25) is 5.91 Å². The van der Waals surface area contributed by atoms with Gasteiger partial charge in [-0.2, -0.15) is 0 Å². The monoisotopic (exact) mass is 549 g/mol. The third-order valence-electron chi connectivity index (χ3n) is 13.1. The smallest absolute Gasteiger partial charge is 0.226 e. The molecule has 1 amide bonds. The van der Waals surface area contributed by atoms with Gasteiger partial charge < -0.3 is 9.80 Å². The normalized spacial score (nSPS) is 41.6. The van der Waals surface area contributed by atoms with Gasteiger partial charge in [0.15, 0.2) is 0 Å². The molecule has 0 N–H and O–H groups in total. The van der Waals surface area contributed by atoms with E-state index in [2.05, 4.69) is 69.3 Å². The van der Waals surface area contributed by atoms with Gasteiger partial charge in [0.25, 0.3) is 0 Å². The van der Waals surface area contributed by atoms with Crippen LogP contribution in [0.4, 0.5) is 5.69 Å². The number of rotatable bonds is 2. The van der Waals surface area contributed by atoms with Crippen molar-refractivity contribution in [3.63, 3.8) is 0 Å². The van der Waals surface area contributed by atoms with Crippen LogP contribution in [0.2, 0.25) is 0 Å². The Morgan fingerprint density at radius 2 is 1.10 bits per heavy atom. The van der Waals surface area contributed by atoms with E-state index in [1.54, 1.807) is 0 Å². The Kier molecular flexibility index (Phi) is 6.06. The number of hydrogen-bond donors (Lipinski definition) is 0. The molecule has 3 heterocycles. The number of carbonyl (C=O) groups is 1. The van der Waals surface area contributed by atoms with Crippen molar-refractivity contribution in [1.29, 1.82) is 0 Å². The predicted octanol–water partition coefficient (Wildman–Crippen LogP) is 7.28. The van der Waals surface area contributed by atoms with Gasteiger partial charge in [-0.25, -0.2) is 0 Å². The Balaban J connectivity index is 1.13. The van der Waals surface area contributed by atoms with Gasteiger partial charge in [-0.15, -0.1) is 0 Å². The van der Waals surface area contributed by atoms with E-state index < -0.39 is 0 Å². The third-order valence-corrected chi connectivity index (χ3v) is 13.1. The first-order chi connectivity index (χ1) is 20.3. The Bertz CT molecular complexity index is 1280. The highest BCUT2D eigenvalue weighted by atomic mass is 16.2. The first kappa shape index (κ1) is 25.2. The molecule has 4 heteroatoms. The zero-order valence-electron chi connectivity index (χ0n) is 24.6. The minimum absolute atomic E-state index is 0.323. The molecule has 0 radical (unpaired) electrons. The molecule has 41 heavy (non-hydrogen) atoms. The van der Waals surface area contributed by atoms with E-state index >= 15 is 0 Å². The summed E-state index contributed by atoms with van der Waals surface area (Å²) in [4.78, 5) is 23.2. The number of nitrogens with zero attached hydrogens (tertiary/aromatic N) is 3. The summed E-state index contributed by atoms with van der Waals surface area (Å²) >= 11 is 0. The van der Waals surface area contributed by atoms with Gasteiger partial charge in [-0.3, -0.25) is 9.69 Å². The lowest BCUT2D eigenvalue weighted by molar-refractivity contribution is -0.199. The van der Waals surface area contributed by atoms with E-state index in [4.69, 9.17) is 0 Å². The highest BCUT2D eigenvalue weighted by Crippen LogP contribution is 2.56. The Hall–Kier alpha value is -2.33. The molecule has 4 aliphatic carbocycles. The second-order valence-corrected chi connectivity index (χ2v) is 14.7. The third kappa shape index (κ3) is 3.71. The molecule has 7 aliphatic rings. The summed E-state index contributed by atoms with van der Waals surface area (Å²) < 4.78 is 0. The lowest BCUT2D eigenvalue weighted by Crippen LogP contribution is -2.84. The van der Waals surface area contributed by atoms with E-state index in [1.807, 2.05) is 0 Å². The van der Waals surface area contributed by atoms with E-state index in [9.17, 15) is 4.79 Å². The van der Waals surface area contributed by atoms with Crippen LogP contribution in [-0.2, 0) is 4.79 Å². The second kappa shape index (κ2) is 9.86. The zero-order chi connectivity index (χ0) is 27.1. The molecule has 0 bridgehead atoms. The Morgan fingerprint density at radius 3 is 1.93 bits per heavy atom. The number of amides is 1. The molecule has 0 spiro atoms. The molecule has 2 aromatic rings. The van der Waals surface area contributed by atoms with Gasteiger partial charge in [0.05, 0.1) is 12.1 Å². The van der Waals surface area contributed by atoms with Crippen LogP contribution in [0, 0.1) is 17.8 Å². The fraction of sp³-hybridized carbons (Fsp3) is 0.649. The SMILES string of the molecule is O=C1C2CCCCC2C2CCCC3C2N1C1CCCC2C1N3C1CCCCC1N2c1ccc(-c2ccccc2)cc1. The van der Waals surface area contributed by atoms with E-state index in [0.717, 1.165) is 12.3 Å². The number of piperidine rings is 1. The van der Waals surface area contributed by atoms with Gasteiger partial charge in [0.1, 0.15) is 0 Å². The molecule has 7 fully saturated rings. The molecular formula is C37H47N3O. The van der Waals surface area contributed by atoms with E-state index in [1.165, 1.54) is 100 Å². The van der Waals surface area contributed by atoms with Crippen LogP contribution in [0.3, 0.4) is 0 Å². The number of fused-ring (bicyclic) bond motifs is 6. The average molecular weight is 550 g/mol. The molecule has 216 valence electrons. The highest BCUT2D eigenvalue weighted by molar-refractivity contribution is 5.82. The van der Waals surface area contributed by atoms with Crippen molar-refractivity contribution in [2.24, 2.45) is 17.8 Å². The van der Waals surface area contributed by atoms with Crippen molar-refractivity contribution in [2.45, 2.75) is 132 Å². The summed E-state index contributed by atoms with van der Waals surface area (Å²) in [5.41, 5.74) is 4.03. The Labute approximate surface area is 246 Å². The van der Waals surface area contributed by atoms with Gasteiger partial charge in [-0.1, -0.05) is 74.6 Å². The summed E-state index contributed by atoms with van der Waals surface area (Å²) in [7, 11) is 0. The number of hydrogen-bond acceptors (Lipinski definition) is 3. The van der Waals surface area contributed by atoms with Crippen molar-refractivity contribution < 1.29 is 4.79 Å². The van der Waals surface area contributed by atoms with Gasteiger partial charge in [0, 0.05) is 41.8 Å². The first-order valence-electron chi connectivity index (χ1n) is 17.3. The molecule has 3 saturated heterocycles. The van der Waals surface area contributed by atoms with Crippen LogP contribution >= 0.6 is 0 Å². The minimum atomic E-state index is 0.323. The number of anilines is 1. The van der Waals surface area contributed by atoms with Crippen LogP contribution in [0.1, 0.15) is 89.9 Å². The number of carbonyl (C=O) groups excluding carboxylic acids is 1. The molecule has 4 nitrogen and oxygen atoms in total. The van der Waals surface area contributed by atoms with Crippen molar-refractivity contribution in [3.8, 4) is 11.1 Å². The van der Waals surface area contributed by atoms with E-state index in [0.29, 0.717) is 60.0 Å². The molecule has 10 atom stereocenters. The first-order valence-corrected chi connectivity index (χ1v) is 17.3. The maximum Gasteiger partial charge on any atom is 0.226 e. The molecule has 0 aromatic heterocycles. The van der Waals surface area contributed by atoms with E-state index in [-0.39, 0.29) is 0 Å². The second-order valence-electron chi connectivity index (χ2n) is 14.7. The summed E-state index contributed by atoms with van der Waals surface area (Å²) in [5, 5.41) is 0. The van der Waals surface area contributed by atoms with Gasteiger partial charge in [-0.05, 0) is 92.9 Å². The topological polar surface area (TPSA) is 26.8 Å². The zero-order valence-corrected chi connectivity index (χ0v) is 24.6. The molecule has 4 saturated carbocycles. The number of piperazine rings is 2. The van der Waals surface area contributed by atoms with Crippen LogP contribution in [-0.4, -0.2) is 58.0 Å². The lowest BCUT2D eigenvalue weighted by atomic mass is 9.58. The van der Waals surface area contributed by atoms with Crippen LogP contribution in [0.15, 0.2) is 54.6 Å². The predicted molar refractivity (Wildman–Crippen MR) is 165 cm³/mol. The fourth-order valence-electron chi connectivity index (χ4n) is 11.8. The molecule has 10 unspecified atom stereocenters. The Morgan fingerprint density at radius 1 is 0.488 bits per heavy atom. The average Bonchev–Trinajstić information content (AvgIpc) is 3.04. The van der Waals surface area contributed by atoms with Crippen molar-refractivity contribution in [3.05, 3.63) is 54.6 Å². The van der Waals surface area contributed by atoms with Gasteiger partial charge >= 0.3 is 0 Å². The fourth-order valence-corrected chi connectivity index (χ4v) is 11.8. The summed E-state index contributed by atoms with van der Waals surface area (Å²) in [6.45, 7) is 0. The highest BCUT2D eigenvalue weighted by Gasteiger charge is 2.65. The standard InChI is InChI=1S/C37H47N3O/c41-37-29-13-5-4-12-27(29)28-14-8-17-32-35(28)40(37)34-19-9-18-33-36(34)39(32)31-16-7-6-15-30(31)38(33)26-22-20-25(21-23-26)24-10-2-1-3-11-24/h1-3,10-11,20-23,27-36H,4-9,12-19H2. The van der Waals surface area contributed by atoms with Crippen LogP contribution in [0.5, 0.6) is 0 Å². The van der Waals surface area contributed by atoms with Crippen LogP contribution < -0.4 is 4.90 Å². The maximum absolute atomic E-state index is 14.5. The quantitative estimate of drug-likeness (QED) is 0.394. The minimum Gasteiger partial charge on any atom is -0.362 e. The maximum atomic E-state index is 14.5. The van der Waals surface area contributed by atoms with Crippen molar-refractivity contribution >= 4 is 11.6 Å². The molecule has 3 aliphatic heterocycles. The number of benzene rings is 2. The van der Waals surface area contributed by atoms with Crippen LogP contribution in [0.25, 0.3) is 11.1 Å². The summed E-state index contributed by atoms with van der Waals surface area (Å²) in [6.07, 6.45) is 18.3.